The number of hydrogen-bond donors (Lipinski definition) is 2. The lowest BCUT2D eigenvalue weighted by atomic mass is 9.90. The molecule has 0 radical (unpaired) electrons. The van der Waals surface area contributed by atoms with Gasteiger partial charge in [-0.15, -0.1) is 0 Å². The largest absolute Gasteiger partial charge is 0.408 e. The van der Waals surface area contributed by atoms with Crippen molar-refractivity contribution in [1.29, 1.82) is 0 Å². The Morgan fingerprint density at radius 1 is 1.24 bits per heavy atom. The van der Waals surface area contributed by atoms with E-state index in [2.05, 4.69) is 0 Å². The summed E-state index contributed by atoms with van der Waals surface area (Å²) >= 11 is 0. The molecule has 5 heteroatoms. The molecule has 0 heterocycles. The predicted octanol–water partition coefficient (Wildman–Crippen LogP) is 2.26. The fourth-order valence-corrected chi connectivity index (χ4v) is 1.44. The maximum atomic E-state index is 12.5. The number of hydrogen-bond acceptors (Lipinski definition) is 2. The Bertz CT molecular complexity index is 349. The zero-order valence-electron chi connectivity index (χ0n) is 9.54. The number of rotatable bonds is 4. The van der Waals surface area contributed by atoms with Crippen LogP contribution < -0.4 is 5.73 Å². The molecule has 0 saturated carbocycles. The van der Waals surface area contributed by atoms with Gasteiger partial charge in [0.15, 0.2) is 0 Å². The van der Waals surface area contributed by atoms with Crippen molar-refractivity contribution in [1.82, 2.24) is 0 Å². The highest BCUT2D eigenvalue weighted by Gasteiger charge is 2.52. The molecule has 3 N–H and O–H groups in total. The summed E-state index contributed by atoms with van der Waals surface area (Å²) in [6.07, 6.45) is -5.87. The van der Waals surface area contributed by atoms with Gasteiger partial charge in [0.1, 0.15) is 5.54 Å². The molecule has 0 aliphatic heterocycles. The molecule has 0 spiro atoms. The van der Waals surface area contributed by atoms with Crippen LogP contribution in [-0.2, 0) is 6.42 Å². The molecule has 0 aliphatic rings. The molecule has 0 saturated heterocycles. The molecule has 2 unspecified atom stereocenters. The number of nitrogens with two attached hydrogens (primary N) is 1. The highest BCUT2D eigenvalue weighted by molar-refractivity contribution is 5.15. The van der Waals surface area contributed by atoms with Gasteiger partial charge in [0.25, 0.3) is 0 Å². The first kappa shape index (κ1) is 14.0. The Morgan fingerprint density at radius 3 is 2.24 bits per heavy atom. The van der Waals surface area contributed by atoms with Crippen molar-refractivity contribution in [3.8, 4) is 0 Å². The minimum atomic E-state index is -4.61. The van der Waals surface area contributed by atoms with E-state index in [1.165, 1.54) is 0 Å². The third-order valence-electron chi connectivity index (χ3n) is 2.85. The van der Waals surface area contributed by atoms with Crippen molar-refractivity contribution in [3.05, 3.63) is 35.9 Å². The van der Waals surface area contributed by atoms with Crippen LogP contribution in [-0.4, -0.2) is 22.9 Å². The van der Waals surface area contributed by atoms with Gasteiger partial charge in [-0.3, -0.25) is 0 Å². The summed E-state index contributed by atoms with van der Waals surface area (Å²) in [5.41, 5.74) is 3.44. The fraction of sp³-hybridized carbons (Fsp3) is 0.500. The monoisotopic (exact) mass is 247 g/mol. The molecule has 96 valence electrons. The number of halogens is 3. The molecule has 0 amide bonds. The topological polar surface area (TPSA) is 46.2 Å². The molecule has 2 nitrogen and oxygen atoms in total. The van der Waals surface area contributed by atoms with Crippen LogP contribution in [0.3, 0.4) is 0 Å². The summed E-state index contributed by atoms with van der Waals surface area (Å²) in [4.78, 5) is 0. The lowest BCUT2D eigenvalue weighted by molar-refractivity contribution is -0.207. The highest BCUT2D eigenvalue weighted by atomic mass is 19.4. The summed E-state index contributed by atoms with van der Waals surface area (Å²) in [6.45, 7) is 0.808. The third-order valence-corrected chi connectivity index (χ3v) is 2.85. The number of alkyl halides is 3. The highest BCUT2D eigenvalue weighted by Crippen LogP contribution is 2.32. The zero-order chi connectivity index (χ0) is 13.1. The smallest absolute Gasteiger partial charge is 0.391 e. The fourth-order valence-electron chi connectivity index (χ4n) is 1.44. The van der Waals surface area contributed by atoms with Gasteiger partial charge in [0, 0.05) is 0 Å². The summed E-state index contributed by atoms with van der Waals surface area (Å²) in [6, 6.07) is 9.02. The quantitative estimate of drug-likeness (QED) is 0.857. The summed E-state index contributed by atoms with van der Waals surface area (Å²) in [7, 11) is 0. The van der Waals surface area contributed by atoms with E-state index in [9.17, 15) is 18.3 Å². The second kappa shape index (κ2) is 5.06. The first-order valence-corrected chi connectivity index (χ1v) is 5.32. The Balaban J connectivity index is 2.59. The van der Waals surface area contributed by atoms with Crippen molar-refractivity contribution in [2.75, 3.05) is 0 Å². The molecular weight excluding hydrogens is 231 g/mol. The zero-order valence-corrected chi connectivity index (χ0v) is 9.54. The number of aliphatic hydroxyl groups excluding tert-OH is 1. The Labute approximate surface area is 98.3 Å². The van der Waals surface area contributed by atoms with E-state index in [1.54, 1.807) is 24.3 Å². The second-order valence-electron chi connectivity index (χ2n) is 4.32. The SMILES string of the molecule is CC(N)(C(O)CCc1ccccc1)C(F)(F)F. The summed E-state index contributed by atoms with van der Waals surface area (Å²) in [5, 5.41) is 9.53. The molecule has 1 aromatic carbocycles. The Morgan fingerprint density at radius 2 is 1.76 bits per heavy atom. The van der Waals surface area contributed by atoms with Crippen molar-refractivity contribution >= 4 is 0 Å². The molecule has 1 rings (SSSR count). The lowest BCUT2D eigenvalue weighted by Crippen LogP contribution is -2.59. The van der Waals surface area contributed by atoms with Crippen molar-refractivity contribution in [2.45, 2.75) is 37.6 Å². The van der Waals surface area contributed by atoms with Crippen molar-refractivity contribution in [3.63, 3.8) is 0 Å². The van der Waals surface area contributed by atoms with Gasteiger partial charge >= 0.3 is 6.18 Å². The van der Waals surface area contributed by atoms with E-state index >= 15 is 0 Å². The van der Waals surface area contributed by atoms with E-state index in [0.717, 1.165) is 12.5 Å². The maximum absolute atomic E-state index is 12.5. The molecular formula is C12H16F3NO. The van der Waals surface area contributed by atoms with Gasteiger partial charge in [0.2, 0.25) is 0 Å². The molecule has 0 aliphatic carbocycles. The van der Waals surface area contributed by atoms with E-state index < -0.39 is 17.8 Å². The van der Waals surface area contributed by atoms with Gasteiger partial charge in [-0.1, -0.05) is 30.3 Å². The van der Waals surface area contributed by atoms with Crippen LogP contribution in [0.4, 0.5) is 13.2 Å². The summed E-state index contributed by atoms with van der Waals surface area (Å²) in [5.74, 6) is 0. The molecule has 2 atom stereocenters. The number of aliphatic hydroxyl groups is 1. The molecule has 1 aromatic rings. The van der Waals surface area contributed by atoms with E-state index in [4.69, 9.17) is 5.73 Å². The maximum Gasteiger partial charge on any atom is 0.408 e. The Hall–Kier alpha value is -1.07. The van der Waals surface area contributed by atoms with Gasteiger partial charge in [-0.25, -0.2) is 0 Å². The van der Waals surface area contributed by atoms with E-state index in [1.807, 2.05) is 6.07 Å². The molecule has 0 bridgehead atoms. The standard InChI is InChI=1S/C12H16F3NO/c1-11(16,12(13,14)15)10(17)8-7-9-5-3-2-4-6-9/h2-6,10,17H,7-8,16H2,1H3. The lowest BCUT2D eigenvalue weighted by Gasteiger charge is -2.32. The molecule has 0 fully saturated rings. The first-order valence-electron chi connectivity index (χ1n) is 5.32. The van der Waals surface area contributed by atoms with Crippen molar-refractivity contribution < 1.29 is 18.3 Å². The van der Waals surface area contributed by atoms with Crippen molar-refractivity contribution in [2.24, 2.45) is 5.73 Å². The first-order chi connectivity index (χ1) is 7.75. The van der Waals surface area contributed by atoms with Crippen LogP contribution in [0.1, 0.15) is 18.9 Å². The number of aryl methyl sites for hydroxylation is 1. The van der Waals surface area contributed by atoms with Crippen LogP contribution in [0.2, 0.25) is 0 Å². The predicted molar refractivity (Wildman–Crippen MR) is 59.4 cm³/mol. The van der Waals surface area contributed by atoms with Gasteiger partial charge in [0.05, 0.1) is 6.10 Å². The second-order valence-corrected chi connectivity index (χ2v) is 4.32. The van der Waals surface area contributed by atoms with Crippen LogP contribution in [0.25, 0.3) is 0 Å². The number of benzene rings is 1. The minimum Gasteiger partial charge on any atom is -0.391 e. The van der Waals surface area contributed by atoms with Gasteiger partial charge in [-0.05, 0) is 25.3 Å². The average Bonchev–Trinajstić information content (AvgIpc) is 2.25. The normalized spacial score (nSPS) is 17.5. The minimum absolute atomic E-state index is 0.0173. The van der Waals surface area contributed by atoms with Gasteiger partial charge < -0.3 is 10.8 Å². The van der Waals surface area contributed by atoms with Crippen LogP contribution in [0, 0.1) is 0 Å². The Kier molecular flexibility index (Phi) is 4.16. The third kappa shape index (κ3) is 3.44. The summed E-state index contributed by atoms with van der Waals surface area (Å²) < 4.78 is 37.6. The van der Waals surface area contributed by atoms with E-state index in [-0.39, 0.29) is 6.42 Å². The molecule has 0 aromatic heterocycles. The van der Waals surface area contributed by atoms with Crippen LogP contribution in [0.5, 0.6) is 0 Å². The van der Waals surface area contributed by atoms with Crippen LogP contribution >= 0.6 is 0 Å². The molecule has 17 heavy (non-hydrogen) atoms. The van der Waals surface area contributed by atoms with Crippen LogP contribution in [0.15, 0.2) is 30.3 Å². The van der Waals surface area contributed by atoms with E-state index in [0.29, 0.717) is 6.42 Å². The van der Waals surface area contributed by atoms with Gasteiger partial charge in [-0.2, -0.15) is 13.2 Å². The average molecular weight is 247 g/mol.